The summed E-state index contributed by atoms with van der Waals surface area (Å²) >= 11 is 1.51. The number of fused-ring (bicyclic) bond motifs is 3. The lowest BCUT2D eigenvalue weighted by Gasteiger charge is -2.11. The molecule has 6 nitrogen and oxygen atoms in total. The first-order valence-corrected chi connectivity index (χ1v) is 10.6. The van der Waals surface area contributed by atoms with Gasteiger partial charge >= 0.3 is 0 Å². The number of para-hydroxylation sites is 1. The average molecular weight is 430 g/mol. The van der Waals surface area contributed by atoms with Gasteiger partial charge in [-0.25, -0.2) is 4.98 Å². The van der Waals surface area contributed by atoms with Crippen LogP contribution in [0.2, 0.25) is 0 Å². The second-order valence-corrected chi connectivity index (χ2v) is 7.62. The molecule has 3 aromatic carbocycles. The SMILES string of the molecule is COc1cc2c(cc1NC(=O)c1cccc(OCc3cscn3)c1)oc1ccccc12. The molecule has 154 valence electrons. The van der Waals surface area contributed by atoms with Gasteiger partial charge in [0.25, 0.3) is 5.91 Å². The second-order valence-electron chi connectivity index (χ2n) is 6.90. The van der Waals surface area contributed by atoms with Gasteiger partial charge in [0, 0.05) is 27.8 Å². The highest BCUT2D eigenvalue weighted by Gasteiger charge is 2.15. The second kappa shape index (κ2) is 8.12. The van der Waals surface area contributed by atoms with E-state index in [1.165, 1.54) is 11.3 Å². The van der Waals surface area contributed by atoms with Crippen molar-refractivity contribution in [3.63, 3.8) is 0 Å². The molecule has 2 heterocycles. The standard InChI is InChI=1S/C24H18N2O4S/c1-28-23-10-19-18-7-2-3-8-21(18)30-22(19)11-20(23)26-24(27)15-5-4-6-17(9-15)29-12-16-13-31-14-25-16/h2-11,13-14H,12H2,1H3,(H,26,27). The summed E-state index contributed by atoms with van der Waals surface area (Å²) in [5.41, 5.74) is 5.08. The van der Waals surface area contributed by atoms with Gasteiger partial charge in [-0.1, -0.05) is 24.3 Å². The quantitative estimate of drug-likeness (QED) is 0.364. The monoisotopic (exact) mass is 430 g/mol. The number of ether oxygens (including phenoxy) is 2. The highest BCUT2D eigenvalue weighted by molar-refractivity contribution is 7.07. The van der Waals surface area contributed by atoms with Crippen LogP contribution in [0.25, 0.3) is 21.9 Å². The Hall–Kier alpha value is -3.84. The molecule has 0 bridgehead atoms. The summed E-state index contributed by atoms with van der Waals surface area (Å²) in [7, 11) is 1.58. The van der Waals surface area contributed by atoms with Gasteiger partial charge < -0.3 is 19.2 Å². The fourth-order valence-corrected chi connectivity index (χ4v) is 3.95. The number of nitrogens with one attached hydrogen (secondary N) is 1. The number of rotatable bonds is 6. The van der Waals surface area contributed by atoms with Crippen molar-refractivity contribution < 1.29 is 18.7 Å². The maximum absolute atomic E-state index is 12.9. The molecule has 0 aliphatic rings. The molecule has 31 heavy (non-hydrogen) atoms. The average Bonchev–Trinajstić information content (AvgIpc) is 3.44. The first kappa shape index (κ1) is 19.1. The molecular formula is C24H18N2O4S. The number of carbonyl (C=O) groups is 1. The van der Waals surface area contributed by atoms with Crippen LogP contribution in [-0.2, 0) is 6.61 Å². The molecule has 1 amide bonds. The van der Waals surface area contributed by atoms with Crippen LogP contribution in [0.1, 0.15) is 16.1 Å². The van der Waals surface area contributed by atoms with Gasteiger partial charge in [0.2, 0.25) is 0 Å². The number of methoxy groups -OCH3 is 1. The van der Waals surface area contributed by atoms with Crippen molar-refractivity contribution in [2.45, 2.75) is 6.61 Å². The van der Waals surface area contributed by atoms with Crippen LogP contribution in [-0.4, -0.2) is 18.0 Å². The van der Waals surface area contributed by atoms with Crippen molar-refractivity contribution in [2.75, 3.05) is 12.4 Å². The van der Waals surface area contributed by atoms with E-state index in [0.29, 0.717) is 34.9 Å². The molecule has 5 aromatic rings. The first-order valence-electron chi connectivity index (χ1n) is 9.62. The number of amides is 1. The third-order valence-electron chi connectivity index (χ3n) is 4.91. The lowest BCUT2D eigenvalue weighted by Crippen LogP contribution is -2.12. The molecule has 5 rings (SSSR count). The van der Waals surface area contributed by atoms with Gasteiger partial charge in [-0.05, 0) is 30.3 Å². The van der Waals surface area contributed by atoms with Gasteiger partial charge in [-0.3, -0.25) is 4.79 Å². The minimum atomic E-state index is -0.270. The molecule has 0 aliphatic heterocycles. The summed E-state index contributed by atoms with van der Waals surface area (Å²) in [4.78, 5) is 17.1. The molecule has 1 N–H and O–H groups in total. The largest absolute Gasteiger partial charge is 0.495 e. The number of thiazole rings is 1. The third-order valence-corrected chi connectivity index (χ3v) is 5.55. The zero-order valence-electron chi connectivity index (χ0n) is 16.6. The molecule has 0 aliphatic carbocycles. The number of hydrogen-bond acceptors (Lipinski definition) is 6. The number of furan rings is 1. The topological polar surface area (TPSA) is 73.6 Å². The van der Waals surface area contributed by atoms with E-state index in [1.807, 2.05) is 41.8 Å². The van der Waals surface area contributed by atoms with E-state index in [2.05, 4.69) is 10.3 Å². The van der Waals surface area contributed by atoms with E-state index in [-0.39, 0.29) is 5.91 Å². The van der Waals surface area contributed by atoms with Crippen LogP contribution < -0.4 is 14.8 Å². The van der Waals surface area contributed by atoms with Gasteiger partial charge in [0.1, 0.15) is 29.3 Å². The highest BCUT2D eigenvalue weighted by atomic mass is 32.1. The summed E-state index contributed by atoms with van der Waals surface area (Å²) < 4.78 is 17.2. The van der Waals surface area contributed by atoms with Crippen LogP contribution in [0.15, 0.2) is 76.0 Å². The summed E-state index contributed by atoms with van der Waals surface area (Å²) in [5.74, 6) is 0.886. The Morgan fingerprint density at radius 2 is 1.97 bits per heavy atom. The van der Waals surface area contributed by atoms with E-state index in [1.54, 1.807) is 36.9 Å². The molecule has 0 fully saturated rings. The normalized spacial score (nSPS) is 11.0. The van der Waals surface area contributed by atoms with Crippen LogP contribution in [0.3, 0.4) is 0 Å². The Balaban J connectivity index is 1.40. The Labute approximate surface area is 182 Å². The summed E-state index contributed by atoms with van der Waals surface area (Å²) in [6.45, 7) is 0.352. The fraction of sp³-hybridized carbons (Fsp3) is 0.0833. The highest BCUT2D eigenvalue weighted by Crippen LogP contribution is 2.36. The maximum Gasteiger partial charge on any atom is 0.255 e. The number of aromatic nitrogens is 1. The van der Waals surface area contributed by atoms with Crippen molar-refractivity contribution in [3.05, 3.63) is 82.8 Å². The number of hydrogen-bond donors (Lipinski definition) is 1. The first-order chi connectivity index (χ1) is 15.2. The molecule has 0 spiro atoms. The van der Waals surface area contributed by atoms with Gasteiger partial charge in [0.05, 0.1) is 24.0 Å². The van der Waals surface area contributed by atoms with Crippen molar-refractivity contribution in [2.24, 2.45) is 0 Å². The molecule has 2 aromatic heterocycles. The Morgan fingerprint density at radius 3 is 2.81 bits per heavy atom. The van der Waals surface area contributed by atoms with Gasteiger partial charge in [-0.2, -0.15) is 0 Å². The number of benzene rings is 3. The van der Waals surface area contributed by atoms with Crippen molar-refractivity contribution in [3.8, 4) is 11.5 Å². The Bertz CT molecular complexity index is 1380. The minimum absolute atomic E-state index is 0.270. The van der Waals surface area contributed by atoms with Crippen LogP contribution in [0.4, 0.5) is 5.69 Å². The number of nitrogens with zero attached hydrogens (tertiary/aromatic N) is 1. The molecular weight excluding hydrogens is 412 g/mol. The van der Waals surface area contributed by atoms with Crippen LogP contribution >= 0.6 is 11.3 Å². The van der Waals surface area contributed by atoms with Gasteiger partial charge in [-0.15, -0.1) is 11.3 Å². The number of anilines is 1. The van der Waals surface area contributed by atoms with Crippen LogP contribution in [0.5, 0.6) is 11.5 Å². The smallest absolute Gasteiger partial charge is 0.255 e. The molecule has 0 saturated carbocycles. The molecule has 0 atom stereocenters. The van der Waals surface area contributed by atoms with E-state index in [9.17, 15) is 4.79 Å². The van der Waals surface area contributed by atoms with E-state index >= 15 is 0 Å². The van der Waals surface area contributed by atoms with Crippen LogP contribution in [0, 0.1) is 0 Å². The zero-order chi connectivity index (χ0) is 21.2. The fourth-order valence-electron chi connectivity index (χ4n) is 3.41. The van der Waals surface area contributed by atoms with E-state index in [0.717, 1.165) is 22.0 Å². The predicted octanol–water partition coefficient (Wildman–Crippen LogP) is 5.88. The van der Waals surface area contributed by atoms with Crippen molar-refractivity contribution in [1.29, 1.82) is 0 Å². The van der Waals surface area contributed by atoms with Crippen molar-refractivity contribution in [1.82, 2.24) is 4.98 Å². The van der Waals surface area contributed by atoms with E-state index in [4.69, 9.17) is 13.9 Å². The lowest BCUT2D eigenvalue weighted by molar-refractivity contribution is 0.102. The predicted molar refractivity (Wildman–Crippen MR) is 121 cm³/mol. The number of carbonyl (C=O) groups excluding carboxylic acids is 1. The molecule has 7 heteroatoms. The Morgan fingerprint density at radius 1 is 1.06 bits per heavy atom. The molecule has 0 radical (unpaired) electrons. The Kier molecular flexibility index (Phi) is 5.01. The zero-order valence-corrected chi connectivity index (χ0v) is 17.4. The molecule has 0 saturated heterocycles. The minimum Gasteiger partial charge on any atom is -0.495 e. The van der Waals surface area contributed by atoms with Gasteiger partial charge in [0.15, 0.2) is 0 Å². The molecule has 0 unspecified atom stereocenters. The summed E-state index contributed by atoms with van der Waals surface area (Å²) in [5, 5.41) is 6.78. The third kappa shape index (κ3) is 3.83. The van der Waals surface area contributed by atoms with E-state index < -0.39 is 0 Å². The lowest BCUT2D eigenvalue weighted by atomic mass is 10.1. The summed E-state index contributed by atoms with van der Waals surface area (Å²) in [6.07, 6.45) is 0. The van der Waals surface area contributed by atoms with Crippen molar-refractivity contribution >= 4 is 44.9 Å². The summed E-state index contributed by atoms with van der Waals surface area (Å²) in [6, 6.07) is 18.5. The maximum atomic E-state index is 12.9.